The quantitative estimate of drug-likeness (QED) is 0.722. The van der Waals surface area contributed by atoms with E-state index in [1.54, 1.807) is 24.3 Å². The number of nitrogens with two attached hydrogens (primary N) is 1. The van der Waals surface area contributed by atoms with Crippen molar-refractivity contribution in [2.24, 2.45) is 0 Å². The first-order valence-corrected chi connectivity index (χ1v) is 9.94. The molecule has 4 rings (SSSR count). The Balaban J connectivity index is 1.43. The molecular weight excluding hydrogens is 399 g/mol. The van der Waals surface area contributed by atoms with Crippen molar-refractivity contribution in [3.63, 3.8) is 0 Å². The molecule has 0 spiro atoms. The zero-order valence-electron chi connectivity index (χ0n) is 14.3. The number of hydrogen-bond donors (Lipinski definition) is 2. The van der Waals surface area contributed by atoms with E-state index in [1.165, 1.54) is 6.07 Å². The molecule has 2 atom stereocenters. The van der Waals surface area contributed by atoms with Gasteiger partial charge in [-0.15, -0.1) is 0 Å². The van der Waals surface area contributed by atoms with E-state index in [9.17, 15) is 18.5 Å². The number of ether oxygens (including phenoxy) is 1. The first-order chi connectivity index (χ1) is 13.3. The van der Waals surface area contributed by atoms with Crippen LogP contribution >= 0.6 is 8.17 Å². The van der Waals surface area contributed by atoms with Crippen LogP contribution in [-0.4, -0.2) is 33.1 Å². The number of benzene rings is 1. The number of aromatic nitrogens is 2. The Kier molecular flexibility index (Phi) is 4.80. The van der Waals surface area contributed by atoms with Crippen LogP contribution in [0.2, 0.25) is 0 Å². The first-order valence-electron chi connectivity index (χ1n) is 8.27. The summed E-state index contributed by atoms with van der Waals surface area (Å²) in [7, 11) is -4.06. The predicted octanol–water partition coefficient (Wildman–Crippen LogP) is 1.59. The summed E-state index contributed by atoms with van der Waals surface area (Å²) < 4.78 is 50.4. The van der Waals surface area contributed by atoms with E-state index < -0.39 is 38.7 Å². The van der Waals surface area contributed by atoms with Gasteiger partial charge in [-0.25, -0.2) is 0 Å². The van der Waals surface area contributed by atoms with Gasteiger partial charge in [0.2, 0.25) is 0 Å². The third-order valence-electron chi connectivity index (χ3n) is 4.20. The van der Waals surface area contributed by atoms with Crippen LogP contribution in [0.1, 0.15) is 11.8 Å². The van der Waals surface area contributed by atoms with E-state index in [0.717, 1.165) is 11.8 Å². The van der Waals surface area contributed by atoms with Crippen molar-refractivity contribution in [3.8, 4) is 5.75 Å². The van der Waals surface area contributed by atoms with Crippen LogP contribution in [0.3, 0.4) is 0 Å². The van der Waals surface area contributed by atoms with Crippen molar-refractivity contribution in [2.75, 3.05) is 12.3 Å². The molecule has 2 aromatic rings. The van der Waals surface area contributed by atoms with Gasteiger partial charge in [-0.2, -0.15) is 0 Å². The van der Waals surface area contributed by atoms with Gasteiger partial charge >= 0.3 is 157 Å². The van der Waals surface area contributed by atoms with Gasteiger partial charge in [-0.3, -0.25) is 0 Å². The van der Waals surface area contributed by atoms with Gasteiger partial charge in [0, 0.05) is 0 Å². The first kappa shape index (κ1) is 19.2. The van der Waals surface area contributed by atoms with Gasteiger partial charge in [-0.1, -0.05) is 0 Å². The van der Waals surface area contributed by atoms with Crippen LogP contribution < -0.4 is 15.9 Å². The molecule has 0 unspecified atom stereocenters. The summed E-state index contributed by atoms with van der Waals surface area (Å²) in [6.45, 7) is -0.381. The molecule has 1 saturated heterocycles. The zero-order valence-corrected chi connectivity index (χ0v) is 15.3. The fraction of sp³-hybridized carbons (Fsp3) is 0.312. The number of rotatable bonds is 4. The topological polar surface area (TPSA) is 118 Å². The SMILES string of the molecule is Nc1ccn([C@@H]2O[C@@H](CO[PH]3(O)OCc4ccccc4O3)[CH]C2(F)F)c(=O)n1. The summed E-state index contributed by atoms with van der Waals surface area (Å²) >= 11 is 0. The summed E-state index contributed by atoms with van der Waals surface area (Å²) in [5.41, 5.74) is 5.13. The van der Waals surface area contributed by atoms with Crippen LogP contribution in [0.5, 0.6) is 5.75 Å². The number of halogens is 2. The Morgan fingerprint density at radius 1 is 1.39 bits per heavy atom. The van der Waals surface area contributed by atoms with Crippen LogP contribution in [0.15, 0.2) is 41.3 Å². The molecule has 151 valence electrons. The molecule has 1 aromatic heterocycles. The van der Waals surface area contributed by atoms with E-state index in [1.807, 2.05) is 0 Å². The number of nitrogens with zero attached hydrogens (tertiary/aromatic N) is 2. The molecule has 3 N–H and O–H groups in total. The number of anilines is 1. The van der Waals surface area contributed by atoms with Crippen molar-refractivity contribution in [2.45, 2.75) is 24.9 Å². The summed E-state index contributed by atoms with van der Waals surface area (Å²) in [5, 5.41) is 0. The molecule has 0 bridgehead atoms. The second-order valence-electron chi connectivity index (χ2n) is 6.24. The van der Waals surface area contributed by atoms with Gasteiger partial charge < -0.3 is 0 Å². The molecule has 1 aromatic carbocycles. The number of fused-ring (bicyclic) bond motifs is 1. The van der Waals surface area contributed by atoms with Crippen LogP contribution in [0.4, 0.5) is 14.6 Å². The van der Waals surface area contributed by atoms with Gasteiger partial charge in [0.15, 0.2) is 0 Å². The summed E-state index contributed by atoms with van der Waals surface area (Å²) in [5.74, 6) is -3.16. The molecule has 0 amide bonds. The van der Waals surface area contributed by atoms with Crippen molar-refractivity contribution in [3.05, 3.63) is 59.0 Å². The number of alkyl halides is 2. The third kappa shape index (κ3) is 3.71. The number of nitrogen functional groups attached to an aromatic ring is 1. The molecule has 12 heteroatoms. The van der Waals surface area contributed by atoms with Crippen LogP contribution in [0.25, 0.3) is 0 Å². The molecule has 1 radical (unpaired) electrons. The van der Waals surface area contributed by atoms with Crippen molar-refractivity contribution >= 4 is 14.0 Å². The number of para-hydroxylation sites is 1. The molecule has 3 heterocycles. The summed E-state index contributed by atoms with van der Waals surface area (Å²) in [6, 6.07) is 8.12. The summed E-state index contributed by atoms with van der Waals surface area (Å²) in [6.07, 6.45) is -1.46. The monoisotopic (exact) mass is 416 g/mol. The molecular formula is C16H17F2N3O6P. The third-order valence-corrected chi connectivity index (χ3v) is 5.72. The summed E-state index contributed by atoms with van der Waals surface area (Å²) in [4.78, 5) is 25.7. The molecule has 1 fully saturated rings. The van der Waals surface area contributed by atoms with Crippen LogP contribution in [-0.2, 0) is 20.4 Å². The van der Waals surface area contributed by atoms with Crippen LogP contribution in [0, 0.1) is 6.42 Å². The van der Waals surface area contributed by atoms with E-state index in [0.29, 0.717) is 16.7 Å². The molecule has 9 nitrogen and oxygen atoms in total. The molecule has 2 aliphatic rings. The van der Waals surface area contributed by atoms with Gasteiger partial charge in [0.05, 0.1) is 0 Å². The minimum absolute atomic E-state index is 0.0689. The molecule has 2 aliphatic heterocycles. The molecule has 0 aliphatic carbocycles. The maximum absolute atomic E-state index is 14.3. The van der Waals surface area contributed by atoms with Crippen molar-refractivity contribution in [1.82, 2.24) is 9.55 Å². The van der Waals surface area contributed by atoms with Gasteiger partial charge in [0.1, 0.15) is 0 Å². The average molecular weight is 416 g/mol. The molecule has 0 saturated carbocycles. The average Bonchev–Trinajstić information content (AvgIpc) is 2.94. The Morgan fingerprint density at radius 3 is 2.96 bits per heavy atom. The normalized spacial score (nSPS) is 26.2. The van der Waals surface area contributed by atoms with Gasteiger partial charge in [0.25, 0.3) is 0 Å². The van der Waals surface area contributed by atoms with E-state index in [-0.39, 0.29) is 12.4 Å². The number of hydrogen-bond acceptors (Lipinski definition) is 8. The Hall–Kier alpha value is -2.17. The van der Waals surface area contributed by atoms with Crippen molar-refractivity contribution < 1.29 is 32.0 Å². The standard InChI is InChI=1S/C16H17F2N3O6P/c17-16(18)7-11(26-14(16)21-6-5-13(19)20-15(21)22)9-25-28(23)24-8-10-3-1-2-4-12(10)27-28/h1-7,11,14,23,28H,8-9H2,(H2,19,20,22)/t11-,14-/m1/s1. The van der Waals surface area contributed by atoms with Crippen molar-refractivity contribution in [1.29, 1.82) is 0 Å². The Labute approximate surface area is 158 Å². The second kappa shape index (κ2) is 7.02. The molecule has 28 heavy (non-hydrogen) atoms. The minimum atomic E-state index is -4.06. The second-order valence-corrected chi connectivity index (χ2v) is 8.07. The van der Waals surface area contributed by atoms with E-state index in [2.05, 4.69) is 4.98 Å². The van der Waals surface area contributed by atoms with E-state index in [4.69, 9.17) is 24.0 Å². The fourth-order valence-electron chi connectivity index (χ4n) is 2.89. The van der Waals surface area contributed by atoms with E-state index >= 15 is 0 Å². The maximum atomic E-state index is 14.3. The Bertz CT molecular complexity index is 945. The van der Waals surface area contributed by atoms with Gasteiger partial charge in [-0.05, 0) is 0 Å². The fourth-order valence-corrected chi connectivity index (χ4v) is 4.28. The Morgan fingerprint density at radius 2 is 2.18 bits per heavy atom. The predicted molar refractivity (Wildman–Crippen MR) is 94.4 cm³/mol. The zero-order chi connectivity index (χ0) is 19.9.